The van der Waals surface area contributed by atoms with Crippen molar-refractivity contribution in [3.05, 3.63) is 57.1 Å². The van der Waals surface area contributed by atoms with E-state index < -0.39 is 4.92 Å². The Morgan fingerprint density at radius 1 is 1.17 bits per heavy atom. The van der Waals surface area contributed by atoms with E-state index in [1.54, 1.807) is 17.0 Å². The SMILES string of the molecule is Cc1ccc2sc(N(CCN(C)C)C(=O)c3ccc(N4CCOCC4)c([N+](=O)[O-])c3)nc2c1C.Cl. The normalized spacial score (nSPS) is 13.7. The predicted molar refractivity (Wildman–Crippen MR) is 143 cm³/mol. The topological polar surface area (TPSA) is 92.0 Å². The highest BCUT2D eigenvalue weighted by molar-refractivity contribution is 7.22. The van der Waals surface area contributed by atoms with Crippen LogP contribution < -0.4 is 9.80 Å². The molecule has 1 aliphatic heterocycles. The van der Waals surface area contributed by atoms with Crippen molar-refractivity contribution in [2.75, 3.05) is 63.3 Å². The first kappa shape index (κ1) is 26.8. The number of benzene rings is 2. The summed E-state index contributed by atoms with van der Waals surface area (Å²) in [6.45, 7) is 7.32. The van der Waals surface area contributed by atoms with E-state index in [2.05, 4.69) is 6.07 Å². The summed E-state index contributed by atoms with van der Waals surface area (Å²) < 4.78 is 6.38. The molecule has 0 saturated carbocycles. The first-order valence-electron chi connectivity index (χ1n) is 11.2. The third-order valence-electron chi connectivity index (χ3n) is 6.09. The molecule has 1 aliphatic rings. The fraction of sp³-hybridized carbons (Fsp3) is 0.417. The van der Waals surface area contributed by atoms with Crippen molar-refractivity contribution in [3.8, 4) is 0 Å². The minimum atomic E-state index is -0.421. The van der Waals surface area contributed by atoms with E-state index in [0.29, 0.717) is 50.2 Å². The molecule has 1 fully saturated rings. The molecule has 35 heavy (non-hydrogen) atoms. The van der Waals surface area contributed by atoms with Crippen LogP contribution in [0, 0.1) is 24.0 Å². The lowest BCUT2D eigenvalue weighted by atomic mass is 10.1. The van der Waals surface area contributed by atoms with Crippen LogP contribution in [0.5, 0.6) is 0 Å². The minimum Gasteiger partial charge on any atom is -0.378 e. The molecular formula is C24H30ClN5O4S. The number of fused-ring (bicyclic) bond motifs is 1. The van der Waals surface area contributed by atoms with E-state index in [0.717, 1.165) is 21.3 Å². The Kier molecular flexibility index (Phi) is 8.65. The maximum atomic E-state index is 13.7. The quantitative estimate of drug-likeness (QED) is 0.339. The van der Waals surface area contributed by atoms with Crippen LogP contribution in [-0.4, -0.2) is 74.2 Å². The molecule has 2 aromatic carbocycles. The van der Waals surface area contributed by atoms with Gasteiger partial charge < -0.3 is 14.5 Å². The van der Waals surface area contributed by atoms with E-state index in [4.69, 9.17) is 9.72 Å². The average molecular weight is 520 g/mol. The van der Waals surface area contributed by atoms with E-state index in [9.17, 15) is 14.9 Å². The lowest BCUT2D eigenvalue weighted by Gasteiger charge is -2.28. The van der Waals surface area contributed by atoms with Crippen LogP contribution in [0.1, 0.15) is 21.5 Å². The summed E-state index contributed by atoms with van der Waals surface area (Å²) in [7, 11) is 3.88. The molecule has 188 valence electrons. The van der Waals surface area contributed by atoms with Gasteiger partial charge in [-0.2, -0.15) is 0 Å². The molecular weight excluding hydrogens is 490 g/mol. The van der Waals surface area contributed by atoms with Gasteiger partial charge in [-0.1, -0.05) is 17.4 Å². The van der Waals surface area contributed by atoms with E-state index in [-0.39, 0.29) is 29.6 Å². The number of nitro groups is 1. The van der Waals surface area contributed by atoms with Crippen LogP contribution in [0.3, 0.4) is 0 Å². The maximum Gasteiger partial charge on any atom is 0.293 e. The Hall–Kier alpha value is -2.79. The summed E-state index contributed by atoms with van der Waals surface area (Å²) in [4.78, 5) is 35.5. The second-order valence-electron chi connectivity index (χ2n) is 8.67. The zero-order valence-corrected chi connectivity index (χ0v) is 21.9. The van der Waals surface area contributed by atoms with Crippen LogP contribution in [-0.2, 0) is 4.74 Å². The molecule has 0 unspecified atom stereocenters. The molecule has 3 aromatic rings. The van der Waals surface area contributed by atoms with Gasteiger partial charge in [0.05, 0.1) is 28.4 Å². The van der Waals surface area contributed by atoms with Crippen LogP contribution in [0.4, 0.5) is 16.5 Å². The largest absolute Gasteiger partial charge is 0.378 e. The number of carbonyl (C=O) groups is 1. The summed E-state index contributed by atoms with van der Waals surface area (Å²) in [5.41, 5.74) is 3.83. The van der Waals surface area contributed by atoms with Crippen LogP contribution >= 0.6 is 23.7 Å². The van der Waals surface area contributed by atoms with Gasteiger partial charge in [-0.3, -0.25) is 19.8 Å². The fourth-order valence-electron chi connectivity index (χ4n) is 3.94. The minimum absolute atomic E-state index is 0. The van der Waals surface area contributed by atoms with E-state index >= 15 is 0 Å². The number of likely N-dealkylation sites (N-methyl/N-ethyl adjacent to an activating group) is 1. The average Bonchev–Trinajstić information content (AvgIpc) is 3.26. The Balaban J connectivity index is 0.00000342. The summed E-state index contributed by atoms with van der Waals surface area (Å²) in [6, 6.07) is 8.81. The highest BCUT2D eigenvalue weighted by atomic mass is 35.5. The zero-order valence-electron chi connectivity index (χ0n) is 20.3. The summed E-state index contributed by atoms with van der Waals surface area (Å²) >= 11 is 1.46. The van der Waals surface area contributed by atoms with Crippen molar-refractivity contribution in [2.45, 2.75) is 13.8 Å². The number of amides is 1. The molecule has 9 nitrogen and oxygen atoms in total. The van der Waals surface area contributed by atoms with Crippen molar-refractivity contribution < 1.29 is 14.5 Å². The van der Waals surface area contributed by atoms with Crippen LogP contribution in [0.2, 0.25) is 0 Å². The molecule has 4 rings (SSSR count). The van der Waals surface area contributed by atoms with E-state index in [1.807, 2.05) is 43.8 Å². The van der Waals surface area contributed by atoms with Crippen molar-refractivity contribution >= 4 is 56.4 Å². The van der Waals surface area contributed by atoms with Gasteiger partial charge >= 0.3 is 0 Å². The third-order valence-corrected chi connectivity index (χ3v) is 7.13. The fourth-order valence-corrected chi connectivity index (χ4v) is 4.99. The molecule has 0 atom stereocenters. The highest BCUT2D eigenvalue weighted by Gasteiger charge is 2.27. The second-order valence-corrected chi connectivity index (χ2v) is 9.68. The van der Waals surface area contributed by atoms with Gasteiger partial charge in [0.2, 0.25) is 0 Å². The van der Waals surface area contributed by atoms with Gasteiger partial charge in [0.1, 0.15) is 5.69 Å². The molecule has 0 N–H and O–H groups in total. The van der Waals surface area contributed by atoms with Crippen LogP contribution in [0.15, 0.2) is 30.3 Å². The number of halogens is 1. The number of rotatable bonds is 7. The van der Waals surface area contributed by atoms with Gasteiger partial charge in [-0.25, -0.2) is 4.98 Å². The Labute approximate surface area is 214 Å². The van der Waals surface area contributed by atoms with Crippen molar-refractivity contribution in [1.29, 1.82) is 0 Å². The number of anilines is 2. The number of carbonyl (C=O) groups excluding carboxylic acids is 1. The van der Waals surface area contributed by atoms with Crippen LogP contribution in [0.25, 0.3) is 10.2 Å². The lowest BCUT2D eigenvalue weighted by Crippen LogP contribution is -2.37. The molecule has 0 radical (unpaired) electrons. The smallest absolute Gasteiger partial charge is 0.293 e. The molecule has 1 aromatic heterocycles. The number of aryl methyl sites for hydroxylation is 2. The number of hydrogen-bond acceptors (Lipinski definition) is 8. The van der Waals surface area contributed by atoms with Crippen molar-refractivity contribution in [3.63, 3.8) is 0 Å². The van der Waals surface area contributed by atoms with Gasteiger partial charge in [-0.15, -0.1) is 12.4 Å². The lowest BCUT2D eigenvalue weighted by molar-refractivity contribution is -0.384. The summed E-state index contributed by atoms with van der Waals surface area (Å²) in [6.07, 6.45) is 0. The molecule has 11 heteroatoms. The number of aromatic nitrogens is 1. The maximum absolute atomic E-state index is 13.7. The molecule has 0 spiro atoms. The number of hydrogen-bond donors (Lipinski definition) is 0. The van der Waals surface area contributed by atoms with Gasteiger partial charge in [0, 0.05) is 37.8 Å². The first-order valence-corrected chi connectivity index (χ1v) is 12.0. The number of thiazole rings is 1. The Morgan fingerprint density at radius 3 is 2.54 bits per heavy atom. The standard InChI is InChI=1S/C24H29N5O4S.ClH/c1-16-5-8-21-22(17(16)2)25-24(34-21)28(10-9-26(3)4)23(30)18-6-7-19(20(15-18)29(31)32)27-11-13-33-14-12-27;/h5-8,15H,9-14H2,1-4H3;1H. The van der Waals surface area contributed by atoms with Gasteiger partial charge in [-0.05, 0) is 57.3 Å². The number of nitro benzene ring substituents is 1. The molecule has 2 heterocycles. The Morgan fingerprint density at radius 2 is 1.89 bits per heavy atom. The van der Waals surface area contributed by atoms with E-state index in [1.165, 1.54) is 17.4 Å². The Bertz CT molecular complexity index is 1230. The van der Waals surface area contributed by atoms with Crippen molar-refractivity contribution in [1.82, 2.24) is 9.88 Å². The summed E-state index contributed by atoms with van der Waals surface area (Å²) in [5, 5.41) is 12.5. The monoisotopic (exact) mass is 519 g/mol. The zero-order chi connectivity index (χ0) is 24.4. The van der Waals surface area contributed by atoms with Gasteiger partial charge in [0.15, 0.2) is 5.13 Å². The third kappa shape index (κ3) is 5.72. The highest BCUT2D eigenvalue weighted by Crippen LogP contribution is 2.34. The first-order chi connectivity index (χ1) is 16.3. The second kappa shape index (κ2) is 11.3. The number of nitrogens with zero attached hydrogens (tertiary/aromatic N) is 5. The molecule has 1 saturated heterocycles. The van der Waals surface area contributed by atoms with Crippen molar-refractivity contribution in [2.24, 2.45) is 0 Å². The molecule has 1 amide bonds. The van der Waals surface area contributed by atoms with Gasteiger partial charge in [0.25, 0.3) is 11.6 Å². The number of ether oxygens (including phenoxy) is 1. The molecule has 0 bridgehead atoms. The molecule has 0 aliphatic carbocycles. The summed E-state index contributed by atoms with van der Waals surface area (Å²) in [5.74, 6) is -0.299. The number of morpholine rings is 1. The predicted octanol–water partition coefficient (Wildman–Crippen LogP) is 4.29.